The molecule has 3 N–H and O–H groups in total. The second-order valence-corrected chi connectivity index (χ2v) is 13.6. The quantitative estimate of drug-likeness (QED) is 0.315. The fraction of sp³-hybridized carbons (Fsp3) is 0.833. The van der Waals surface area contributed by atoms with Crippen LogP contribution < -0.4 is 0 Å². The highest BCUT2D eigenvalue weighted by Gasteiger charge is 2.63. The summed E-state index contributed by atoms with van der Waals surface area (Å²) in [4.78, 5) is 11.2. The van der Waals surface area contributed by atoms with Crippen LogP contribution in [0.5, 0.6) is 0 Å². The van der Waals surface area contributed by atoms with Crippen LogP contribution in [0.15, 0.2) is 22.8 Å². The van der Waals surface area contributed by atoms with Crippen LogP contribution >= 0.6 is 0 Å². The van der Waals surface area contributed by atoms with E-state index in [4.69, 9.17) is 5.11 Å². The van der Waals surface area contributed by atoms with E-state index in [0.29, 0.717) is 23.8 Å². The largest absolute Gasteiger partial charge is 0.478 e. The molecule has 0 aromatic carbocycles. The van der Waals surface area contributed by atoms with Crippen molar-refractivity contribution >= 4 is 5.97 Å². The summed E-state index contributed by atoms with van der Waals surface area (Å²) >= 11 is 0. The number of aliphatic hydroxyl groups excluding tert-OH is 2. The first-order valence-electron chi connectivity index (χ1n) is 13.7. The van der Waals surface area contributed by atoms with Gasteiger partial charge in [0.1, 0.15) is 0 Å². The Kier molecular flexibility index (Phi) is 6.47. The number of carboxylic acids is 1. The van der Waals surface area contributed by atoms with Gasteiger partial charge in [-0.05, 0) is 104 Å². The van der Waals surface area contributed by atoms with E-state index in [-0.39, 0.29) is 33.7 Å². The van der Waals surface area contributed by atoms with Gasteiger partial charge in [0.05, 0.1) is 12.2 Å². The van der Waals surface area contributed by atoms with Crippen LogP contribution in [-0.4, -0.2) is 33.5 Å². The summed E-state index contributed by atoms with van der Waals surface area (Å²) in [6.07, 6.45) is 10.3. The van der Waals surface area contributed by atoms with Crippen molar-refractivity contribution in [2.45, 2.75) is 118 Å². The van der Waals surface area contributed by atoms with Crippen LogP contribution in [0, 0.1) is 39.4 Å². The smallest absolute Gasteiger partial charge is 0.330 e. The minimum Gasteiger partial charge on any atom is -0.478 e. The first-order valence-corrected chi connectivity index (χ1v) is 13.7. The molecular weight excluding hydrogens is 424 g/mol. The van der Waals surface area contributed by atoms with Crippen LogP contribution in [0.2, 0.25) is 0 Å². The van der Waals surface area contributed by atoms with E-state index in [9.17, 15) is 15.0 Å². The van der Waals surface area contributed by atoms with Gasteiger partial charge >= 0.3 is 5.97 Å². The van der Waals surface area contributed by atoms with Crippen LogP contribution in [0.1, 0.15) is 106 Å². The lowest BCUT2D eigenvalue weighted by Gasteiger charge is -2.62. The highest BCUT2D eigenvalue weighted by atomic mass is 16.4. The monoisotopic (exact) mass is 472 g/mol. The second kappa shape index (κ2) is 8.47. The SMILES string of the molecule is CC(=CC[C@@H](O)[C@@H](C)[C@H]1CC[C@@]2(C)C3=C(CC[C@]12C)[C@@]1(C)CC[C@H](O)C(C)(C)[C@@H]1CC3)C(=O)O. The molecule has 8 atom stereocenters. The molecule has 4 aliphatic carbocycles. The molecule has 0 bridgehead atoms. The zero-order valence-electron chi connectivity index (χ0n) is 22.6. The van der Waals surface area contributed by atoms with Crippen molar-refractivity contribution in [1.29, 1.82) is 0 Å². The van der Waals surface area contributed by atoms with Gasteiger partial charge in [-0.1, -0.05) is 58.8 Å². The lowest BCUT2D eigenvalue weighted by molar-refractivity contribution is -0.132. The molecule has 4 nitrogen and oxygen atoms in total. The summed E-state index contributed by atoms with van der Waals surface area (Å²) < 4.78 is 0. The molecular formula is C30H48O4. The average molecular weight is 473 g/mol. The summed E-state index contributed by atoms with van der Waals surface area (Å²) in [5.41, 5.74) is 4.24. The molecule has 0 aliphatic heterocycles. The Morgan fingerprint density at radius 1 is 1.03 bits per heavy atom. The number of aliphatic carboxylic acids is 1. The molecule has 192 valence electrons. The summed E-state index contributed by atoms with van der Waals surface area (Å²) in [6.45, 7) is 15.9. The zero-order chi connectivity index (χ0) is 25.3. The maximum absolute atomic E-state index is 11.2. The van der Waals surface area contributed by atoms with Crippen molar-refractivity contribution in [2.24, 2.45) is 39.4 Å². The van der Waals surface area contributed by atoms with E-state index in [1.807, 2.05) is 0 Å². The molecule has 0 unspecified atom stereocenters. The molecule has 0 heterocycles. The molecule has 0 aromatic rings. The van der Waals surface area contributed by atoms with Crippen molar-refractivity contribution in [3.63, 3.8) is 0 Å². The summed E-state index contributed by atoms with van der Waals surface area (Å²) in [7, 11) is 0. The maximum atomic E-state index is 11.2. The predicted octanol–water partition coefficient (Wildman–Crippen LogP) is 6.51. The molecule has 0 spiro atoms. The van der Waals surface area contributed by atoms with Gasteiger partial charge in [-0.2, -0.15) is 0 Å². The second-order valence-electron chi connectivity index (χ2n) is 13.6. The van der Waals surface area contributed by atoms with Gasteiger partial charge < -0.3 is 15.3 Å². The molecule has 4 aliphatic rings. The van der Waals surface area contributed by atoms with E-state index in [0.717, 1.165) is 32.1 Å². The molecule has 0 radical (unpaired) electrons. The molecule has 0 amide bonds. The average Bonchev–Trinajstić information content (AvgIpc) is 3.05. The van der Waals surface area contributed by atoms with Gasteiger partial charge in [0.25, 0.3) is 0 Å². The van der Waals surface area contributed by atoms with E-state index in [1.165, 1.54) is 19.3 Å². The Balaban J connectivity index is 1.63. The van der Waals surface area contributed by atoms with Gasteiger partial charge in [-0.3, -0.25) is 0 Å². The van der Waals surface area contributed by atoms with Gasteiger partial charge in [0.15, 0.2) is 0 Å². The van der Waals surface area contributed by atoms with Gasteiger partial charge in [-0.15, -0.1) is 0 Å². The number of carbonyl (C=O) groups is 1. The minimum atomic E-state index is -0.908. The highest BCUT2D eigenvalue weighted by molar-refractivity contribution is 5.85. The Hall–Kier alpha value is -1.13. The molecule has 0 saturated heterocycles. The Morgan fingerprint density at radius 3 is 2.35 bits per heavy atom. The fourth-order valence-electron chi connectivity index (χ4n) is 9.43. The van der Waals surface area contributed by atoms with Crippen LogP contribution in [-0.2, 0) is 4.79 Å². The van der Waals surface area contributed by atoms with Gasteiger partial charge in [-0.25, -0.2) is 4.79 Å². The number of hydrogen-bond donors (Lipinski definition) is 3. The lowest BCUT2D eigenvalue weighted by Crippen LogP contribution is -2.55. The van der Waals surface area contributed by atoms with Crippen molar-refractivity contribution < 1.29 is 20.1 Å². The summed E-state index contributed by atoms with van der Waals surface area (Å²) in [5, 5.41) is 31.0. The number of aliphatic hydroxyl groups is 2. The predicted molar refractivity (Wildman–Crippen MR) is 136 cm³/mol. The van der Waals surface area contributed by atoms with Crippen LogP contribution in [0.4, 0.5) is 0 Å². The summed E-state index contributed by atoms with van der Waals surface area (Å²) in [5.74, 6) is 0.213. The lowest BCUT2D eigenvalue weighted by atomic mass is 9.43. The normalized spacial score (nSPS) is 43.6. The number of hydrogen-bond acceptors (Lipinski definition) is 3. The molecule has 2 fully saturated rings. The Labute approximate surface area is 206 Å². The van der Waals surface area contributed by atoms with Crippen molar-refractivity contribution in [1.82, 2.24) is 0 Å². The van der Waals surface area contributed by atoms with Crippen molar-refractivity contribution in [2.75, 3.05) is 0 Å². The third kappa shape index (κ3) is 3.57. The number of carboxylic acid groups (broad SMARTS) is 1. The topological polar surface area (TPSA) is 77.8 Å². The number of rotatable bonds is 5. The fourth-order valence-corrected chi connectivity index (χ4v) is 9.43. The first-order chi connectivity index (χ1) is 15.7. The van der Waals surface area contributed by atoms with E-state index >= 15 is 0 Å². The number of fused-ring (bicyclic) bond motifs is 4. The molecule has 4 rings (SSSR count). The highest BCUT2D eigenvalue weighted by Crippen LogP contribution is 2.72. The number of allylic oxidation sites excluding steroid dienone is 2. The Bertz CT molecular complexity index is 899. The summed E-state index contributed by atoms with van der Waals surface area (Å²) in [6, 6.07) is 0. The third-order valence-electron chi connectivity index (χ3n) is 12.0. The standard InChI is InChI=1S/C30H48O4/c1-18(26(33)34)8-10-23(31)19(2)20-12-16-30(7)22-9-11-24-27(3,4)25(32)14-15-28(24,5)21(22)13-17-29(20,30)6/h8,19-20,23-25,31-32H,9-17H2,1-7H3,(H,33,34)/t19-,20+,23+,24-,25-,28+,29+,30-/m0/s1. The van der Waals surface area contributed by atoms with Crippen molar-refractivity contribution in [3.05, 3.63) is 22.8 Å². The maximum Gasteiger partial charge on any atom is 0.330 e. The third-order valence-corrected chi connectivity index (χ3v) is 12.0. The first kappa shape index (κ1) is 25.9. The zero-order valence-corrected chi connectivity index (χ0v) is 22.6. The van der Waals surface area contributed by atoms with E-state index < -0.39 is 12.1 Å². The van der Waals surface area contributed by atoms with E-state index in [2.05, 4.69) is 41.5 Å². The molecule has 2 saturated carbocycles. The van der Waals surface area contributed by atoms with Crippen molar-refractivity contribution in [3.8, 4) is 0 Å². The van der Waals surface area contributed by atoms with Crippen LogP contribution in [0.3, 0.4) is 0 Å². The Morgan fingerprint density at radius 2 is 1.71 bits per heavy atom. The van der Waals surface area contributed by atoms with E-state index in [1.54, 1.807) is 24.1 Å². The van der Waals surface area contributed by atoms with Gasteiger partial charge in [0, 0.05) is 5.57 Å². The molecule has 0 aromatic heterocycles. The molecule has 34 heavy (non-hydrogen) atoms. The van der Waals surface area contributed by atoms with Crippen LogP contribution in [0.25, 0.3) is 0 Å². The molecule has 4 heteroatoms. The van der Waals surface area contributed by atoms with Gasteiger partial charge in [0.2, 0.25) is 0 Å². The minimum absolute atomic E-state index is 0.0361.